The fraction of sp³-hybridized carbons (Fsp3) is 0.875. The lowest BCUT2D eigenvalue weighted by Gasteiger charge is -2.07. The number of hydrogen-bond acceptors (Lipinski definition) is 0. The molecule has 1 unspecified atom stereocenters. The molecule has 0 aromatic heterocycles. The van der Waals surface area contributed by atoms with Crippen molar-refractivity contribution in [1.82, 2.24) is 0 Å². The van der Waals surface area contributed by atoms with Crippen LogP contribution in [0.5, 0.6) is 0 Å². The summed E-state index contributed by atoms with van der Waals surface area (Å²) in [6.07, 6.45) is 16.3. The van der Waals surface area contributed by atoms with E-state index in [2.05, 4.69) is 26.0 Å². The molecule has 0 bridgehead atoms. The maximum atomic E-state index is 2.49. The lowest BCUT2D eigenvalue weighted by molar-refractivity contribution is 0.569. The van der Waals surface area contributed by atoms with Crippen molar-refractivity contribution in [2.45, 2.75) is 79.1 Å². The van der Waals surface area contributed by atoms with E-state index < -0.39 is 0 Å². The van der Waals surface area contributed by atoms with Gasteiger partial charge in [0.15, 0.2) is 0 Å². The lowest BCUT2D eigenvalue weighted by Crippen LogP contribution is -1.92. The van der Waals surface area contributed by atoms with Crippen LogP contribution in [-0.4, -0.2) is 0 Å². The summed E-state index contributed by atoms with van der Waals surface area (Å²) < 4.78 is 0. The first-order valence-electron chi connectivity index (χ1n) is 7.51. The molecule has 1 aliphatic rings. The highest BCUT2D eigenvalue weighted by atomic mass is 14.2. The molecule has 1 atom stereocenters. The van der Waals surface area contributed by atoms with Crippen LogP contribution in [0.15, 0.2) is 12.2 Å². The predicted molar refractivity (Wildman–Crippen MR) is 75.8 cm³/mol. The summed E-state index contributed by atoms with van der Waals surface area (Å²) in [6, 6.07) is 0. The van der Waals surface area contributed by atoms with Crippen LogP contribution < -0.4 is 0 Å². The van der Waals surface area contributed by atoms with Crippen molar-refractivity contribution in [3.63, 3.8) is 0 Å². The van der Waals surface area contributed by atoms with Crippen LogP contribution in [0.4, 0.5) is 0 Å². The van der Waals surface area contributed by atoms with Crippen molar-refractivity contribution in [2.75, 3.05) is 0 Å². The third-order valence-electron chi connectivity index (χ3n) is 3.37. The summed E-state index contributed by atoms with van der Waals surface area (Å²) in [5.74, 6) is 1.73. The largest absolute Gasteiger partial charge is 0.0854 e. The minimum Gasteiger partial charge on any atom is -0.0854 e. The summed E-state index contributed by atoms with van der Waals surface area (Å²) in [5.41, 5.74) is 0. The van der Waals surface area contributed by atoms with Gasteiger partial charge in [0.25, 0.3) is 0 Å². The van der Waals surface area contributed by atoms with Crippen LogP contribution in [0.3, 0.4) is 0 Å². The minimum absolute atomic E-state index is 0.808. The van der Waals surface area contributed by atoms with Gasteiger partial charge in [0.1, 0.15) is 0 Å². The van der Waals surface area contributed by atoms with Gasteiger partial charge in [-0.1, -0.05) is 72.0 Å². The van der Waals surface area contributed by atoms with E-state index in [1.165, 1.54) is 51.4 Å². The molecular weight excluding hydrogens is 192 g/mol. The van der Waals surface area contributed by atoms with Gasteiger partial charge < -0.3 is 0 Å². The van der Waals surface area contributed by atoms with Crippen LogP contribution in [0.25, 0.3) is 0 Å². The average Bonchev–Trinajstić information content (AvgIpc) is 2.82. The van der Waals surface area contributed by atoms with Crippen LogP contribution >= 0.6 is 0 Å². The van der Waals surface area contributed by atoms with Crippen molar-refractivity contribution in [2.24, 2.45) is 11.8 Å². The molecule has 1 aliphatic carbocycles. The molecule has 1 saturated carbocycles. The fourth-order valence-electron chi connectivity index (χ4n) is 2.31. The molecule has 0 aliphatic heterocycles. The molecule has 0 aromatic rings. The Bertz CT molecular complexity index is 151. The number of hydrogen-bond donors (Lipinski definition) is 0. The highest BCUT2D eigenvalue weighted by Gasteiger charge is 2.11. The second kappa shape index (κ2) is 11.2. The minimum atomic E-state index is 0.808. The average molecular weight is 224 g/mol. The van der Waals surface area contributed by atoms with E-state index >= 15 is 0 Å². The quantitative estimate of drug-likeness (QED) is 0.385. The van der Waals surface area contributed by atoms with E-state index in [9.17, 15) is 0 Å². The number of unbranched alkanes of at least 4 members (excludes halogenated alkanes) is 2. The van der Waals surface area contributed by atoms with E-state index in [4.69, 9.17) is 0 Å². The first-order chi connectivity index (χ1) is 7.83. The van der Waals surface area contributed by atoms with Crippen molar-refractivity contribution in [3.8, 4) is 0 Å². The van der Waals surface area contributed by atoms with Gasteiger partial charge in [-0.15, -0.1) is 0 Å². The molecule has 0 spiro atoms. The molecule has 0 heteroatoms. The second-order valence-electron chi connectivity index (χ2n) is 4.90. The van der Waals surface area contributed by atoms with E-state index in [0.29, 0.717) is 0 Å². The summed E-state index contributed by atoms with van der Waals surface area (Å²) in [4.78, 5) is 0. The van der Waals surface area contributed by atoms with E-state index in [0.717, 1.165) is 11.8 Å². The van der Waals surface area contributed by atoms with Crippen molar-refractivity contribution < 1.29 is 0 Å². The molecule has 16 heavy (non-hydrogen) atoms. The molecular formula is C16H32. The number of rotatable bonds is 6. The topological polar surface area (TPSA) is 0 Å². The standard InChI is InChI=1S/C14H26.C2H6/c1-3-4-5-8-13(2)11-12-14-9-6-7-10-14;1-2/h11-14H,3-10H2,1-2H3;1-2H3/b12-11+;. The zero-order valence-electron chi connectivity index (χ0n) is 12.0. The van der Waals surface area contributed by atoms with Crippen molar-refractivity contribution >= 4 is 0 Å². The van der Waals surface area contributed by atoms with Crippen LogP contribution in [0, 0.1) is 11.8 Å². The van der Waals surface area contributed by atoms with Gasteiger partial charge in [-0.3, -0.25) is 0 Å². The SMILES string of the molecule is CC.CCCCCC(C)/C=C/C1CCCC1. The highest BCUT2D eigenvalue weighted by Crippen LogP contribution is 2.26. The smallest absolute Gasteiger partial charge is 0.0233 e. The Morgan fingerprint density at radius 2 is 1.75 bits per heavy atom. The third-order valence-corrected chi connectivity index (χ3v) is 3.37. The predicted octanol–water partition coefficient (Wildman–Crippen LogP) is 5.98. The van der Waals surface area contributed by atoms with Gasteiger partial charge in [-0.2, -0.15) is 0 Å². The molecule has 1 rings (SSSR count). The molecule has 0 heterocycles. The van der Waals surface area contributed by atoms with Crippen molar-refractivity contribution in [3.05, 3.63) is 12.2 Å². The van der Waals surface area contributed by atoms with Gasteiger partial charge in [0.2, 0.25) is 0 Å². The van der Waals surface area contributed by atoms with E-state index in [-0.39, 0.29) is 0 Å². The van der Waals surface area contributed by atoms with Crippen LogP contribution in [0.1, 0.15) is 79.1 Å². The van der Waals surface area contributed by atoms with Crippen LogP contribution in [0.2, 0.25) is 0 Å². The molecule has 96 valence electrons. The maximum absolute atomic E-state index is 2.49. The van der Waals surface area contributed by atoms with Gasteiger partial charge in [-0.25, -0.2) is 0 Å². The Kier molecular flexibility index (Phi) is 11.0. The Morgan fingerprint density at radius 1 is 1.12 bits per heavy atom. The Morgan fingerprint density at radius 3 is 2.31 bits per heavy atom. The van der Waals surface area contributed by atoms with Crippen molar-refractivity contribution in [1.29, 1.82) is 0 Å². The highest BCUT2D eigenvalue weighted by molar-refractivity contribution is 4.93. The molecule has 0 aromatic carbocycles. The summed E-state index contributed by atoms with van der Waals surface area (Å²) in [7, 11) is 0. The van der Waals surface area contributed by atoms with Gasteiger partial charge in [0, 0.05) is 0 Å². The molecule has 0 saturated heterocycles. The van der Waals surface area contributed by atoms with Crippen LogP contribution in [-0.2, 0) is 0 Å². The van der Waals surface area contributed by atoms with E-state index in [1.54, 1.807) is 0 Å². The normalized spacial score (nSPS) is 18.5. The van der Waals surface area contributed by atoms with Gasteiger partial charge >= 0.3 is 0 Å². The Balaban J connectivity index is 0.00000106. The van der Waals surface area contributed by atoms with Gasteiger partial charge in [0.05, 0.1) is 0 Å². The summed E-state index contributed by atoms with van der Waals surface area (Å²) in [6.45, 7) is 8.64. The second-order valence-corrected chi connectivity index (χ2v) is 4.90. The van der Waals surface area contributed by atoms with Gasteiger partial charge in [-0.05, 0) is 31.1 Å². The first-order valence-corrected chi connectivity index (χ1v) is 7.51. The summed E-state index contributed by atoms with van der Waals surface area (Å²) in [5, 5.41) is 0. The number of allylic oxidation sites excluding steroid dienone is 2. The first kappa shape index (κ1) is 15.7. The van der Waals surface area contributed by atoms with E-state index in [1.807, 2.05) is 13.8 Å². The fourth-order valence-corrected chi connectivity index (χ4v) is 2.31. The zero-order chi connectivity index (χ0) is 12.2. The molecule has 0 N–H and O–H groups in total. The Hall–Kier alpha value is -0.260. The maximum Gasteiger partial charge on any atom is -0.0233 e. The third kappa shape index (κ3) is 7.96. The Labute approximate surface area is 104 Å². The zero-order valence-corrected chi connectivity index (χ0v) is 12.0. The lowest BCUT2D eigenvalue weighted by atomic mass is 9.99. The molecule has 0 nitrogen and oxygen atoms in total. The molecule has 0 amide bonds. The monoisotopic (exact) mass is 224 g/mol. The molecule has 0 radical (unpaired) electrons. The molecule has 1 fully saturated rings. The summed E-state index contributed by atoms with van der Waals surface area (Å²) >= 11 is 0.